The molecular weight excluding hydrogens is 246 g/mol. The Morgan fingerprint density at radius 1 is 1.05 bits per heavy atom. The fraction of sp³-hybridized carbons (Fsp3) is 0.941. The van der Waals surface area contributed by atoms with E-state index in [1.54, 1.807) is 0 Å². The van der Waals surface area contributed by atoms with Crippen LogP contribution >= 0.6 is 0 Å². The molecule has 0 aromatic rings. The molecule has 4 fully saturated rings. The highest BCUT2D eigenvalue weighted by atomic mass is 15.3. The molecule has 0 aliphatic carbocycles. The number of nitrogens with zero attached hydrogens (tertiary/aromatic N) is 3. The lowest BCUT2D eigenvalue weighted by Gasteiger charge is -2.60. The van der Waals surface area contributed by atoms with E-state index < -0.39 is 0 Å². The van der Waals surface area contributed by atoms with Gasteiger partial charge >= 0.3 is 0 Å². The van der Waals surface area contributed by atoms with Crippen LogP contribution in [0.4, 0.5) is 0 Å². The van der Waals surface area contributed by atoms with Crippen LogP contribution in [0.15, 0.2) is 0 Å². The first-order chi connectivity index (χ1) is 9.71. The van der Waals surface area contributed by atoms with Crippen molar-refractivity contribution in [3.05, 3.63) is 0 Å². The van der Waals surface area contributed by atoms with E-state index in [1.807, 2.05) is 0 Å². The highest BCUT2D eigenvalue weighted by molar-refractivity contribution is 5.13. The van der Waals surface area contributed by atoms with Gasteiger partial charge in [-0.15, -0.1) is 0 Å². The van der Waals surface area contributed by atoms with E-state index in [4.69, 9.17) is 0 Å². The van der Waals surface area contributed by atoms with Crippen LogP contribution in [0.1, 0.15) is 51.9 Å². The van der Waals surface area contributed by atoms with Gasteiger partial charge in [0.2, 0.25) is 0 Å². The zero-order chi connectivity index (χ0) is 13.7. The Morgan fingerprint density at radius 3 is 2.70 bits per heavy atom. The molecule has 3 nitrogen and oxygen atoms in total. The predicted octanol–water partition coefficient (Wildman–Crippen LogP) is 2.63. The first-order valence-electron chi connectivity index (χ1n) is 8.63. The standard InChI is InChI=1S/C17H27N3/c1-17(12-18)7-4-6-16-13-9-14(11-20(16)17)15-5-2-3-8-19(15)10-13/h13-16H,2-11H2,1H3/t13-,14-,15+,16-,17+/m0/s1. The molecule has 4 heterocycles. The first kappa shape index (κ1) is 13.1. The van der Waals surface area contributed by atoms with E-state index in [9.17, 15) is 5.26 Å². The van der Waals surface area contributed by atoms with Gasteiger partial charge in [0.05, 0.1) is 6.07 Å². The molecule has 0 radical (unpaired) electrons. The van der Waals surface area contributed by atoms with E-state index in [1.165, 1.54) is 58.2 Å². The summed E-state index contributed by atoms with van der Waals surface area (Å²) in [5.74, 6) is 1.66. The molecule has 4 aliphatic heterocycles. The van der Waals surface area contributed by atoms with Crippen LogP contribution in [-0.2, 0) is 0 Å². The fourth-order valence-corrected chi connectivity index (χ4v) is 5.69. The van der Waals surface area contributed by atoms with Crippen LogP contribution in [-0.4, -0.2) is 47.1 Å². The third kappa shape index (κ3) is 1.84. The Morgan fingerprint density at radius 2 is 1.85 bits per heavy atom. The molecule has 4 rings (SSSR count). The maximum atomic E-state index is 9.68. The number of nitriles is 1. The van der Waals surface area contributed by atoms with Gasteiger partial charge in [-0.2, -0.15) is 5.26 Å². The second kappa shape index (κ2) is 4.71. The van der Waals surface area contributed by atoms with Crippen LogP contribution in [0.2, 0.25) is 0 Å². The molecular formula is C17H27N3. The second-order valence-electron chi connectivity index (χ2n) is 7.81. The van der Waals surface area contributed by atoms with Gasteiger partial charge in [0, 0.05) is 25.2 Å². The summed E-state index contributed by atoms with van der Waals surface area (Å²) in [7, 11) is 0. The maximum Gasteiger partial charge on any atom is 0.106 e. The summed E-state index contributed by atoms with van der Waals surface area (Å²) in [4.78, 5) is 5.43. The van der Waals surface area contributed by atoms with Crippen molar-refractivity contribution < 1.29 is 0 Å². The Kier molecular flexibility index (Phi) is 3.09. The SMILES string of the molecule is C[C@]1(C#N)CCC[C@H]2[C@H]3C[C@@H](CN21)[C@H]1CCCCN1C3. The zero-order valence-corrected chi connectivity index (χ0v) is 12.7. The third-order valence-corrected chi connectivity index (χ3v) is 6.70. The molecule has 5 atom stereocenters. The lowest BCUT2D eigenvalue weighted by atomic mass is 9.68. The Balaban J connectivity index is 1.62. The van der Waals surface area contributed by atoms with Crippen LogP contribution in [0.25, 0.3) is 0 Å². The molecule has 0 unspecified atom stereocenters. The van der Waals surface area contributed by atoms with Gasteiger partial charge in [0.1, 0.15) is 5.54 Å². The number of fused-ring (bicyclic) bond motifs is 6. The minimum absolute atomic E-state index is 0.184. The number of piperidine rings is 4. The summed E-state index contributed by atoms with van der Waals surface area (Å²) in [6.07, 6.45) is 9.31. The Bertz CT molecular complexity index is 428. The molecule has 0 aromatic carbocycles. The average Bonchev–Trinajstić information content (AvgIpc) is 2.49. The highest BCUT2D eigenvalue weighted by Gasteiger charge is 2.51. The van der Waals surface area contributed by atoms with E-state index in [-0.39, 0.29) is 5.54 Å². The van der Waals surface area contributed by atoms with Crippen LogP contribution in [0, 0.1) is 23.2 Å². The van der Waals surface area contributed by atoms with E-state index in [0.29, 0.717) is 6.04 Å². The Hall–Kier alpha value is -0.590. The van der Waals surface area contributed by atoms with Crippen LogP contribution < -0.4 is 0 Å². The second-order valence-corrected chi connectivity index (χ2v) is 7.81. The molecule has 20 heavy (non-hydrogen) atoms. The summed E-state index contributed by atoms with van der Waals surface area (Å²) in [6, 6.07) is 4.17. The monoisotopic (exact) mass is 273 g/mol. The zero-order valence-electron chi connectivity index (χ0n) is 12.7. The molecule has 0 aromatic heterocycles. The molecule has 3 heteroatoms. The normalized spacial score (nSPS) is 49.0. The predicted molar refractivity (Wildman–Crippen MR) is 79.2 cm³/mol. The molecule has 0 N–H and O–H groups in total. The molecule has 0 amide bonds. The molecule has 4 saturated heterocycles. The van der Waals surface area contributed by atoms with Crippen molar-refractivity contribution in [3.63, 3.8) is 0 Å². The number of hydrogen-bond donors (Lipinski definition) is 0. The third-order valence-electron chi connectivity index (χ3n) is 6.70. The number of hydrogen-bond acceptors (Lipinski definition) is 3. The van der Waals surface area contributed by atoms with E-state index in [2.05, 4.69) is 22.8 Å². The number of rotatable bonds is 0. The smallest absolute Gasteiger partial charge is 0.106 e. The van der Waals surface area contributed by atoms with Gasteiger partial charge in [-0.25, -0.2) is 0 Å². The Labute approximate surface area is 122 Å². The van der Waals surface area contributed by atoms with E-state index >= 15 is 0 Å². The van der Waals surface area contributed by atoms with Crippen molar-refractivity contribution in [1.29, 1.82) is 5.26 Å². The van der Waals surface area contributed by atoms with Crippen molar-refractivity contribution in [2.45, 2.75) is 69.5 Å². The molecule has 2 bridgehead atoms. The summed E-state index contributed by atoms with van der Waals surface area (Å²) in [5, 5.41) is 9.68. The quantitative estimate of drug-likeness (QED) is 0.679. The maximum absolute atomic E-state index is 9.68. The summed E-state index contributed by atoms with van der Waals surface area (Å²) in [6.45, 7) is 6.02. The average molecular weight is 273 g/mol. The van der Waals surface area contributed by atoms with Gasteiger partial charge < -0.3 is 0 Å². The van der Waals surface area contributed by atoms with E-state index in [0.717, 1.165) is 24.3 Å². The summed E-state index contributed by atoms with van der Waals surface area (Å²) < 4.78 is 0. The lowest BCUT2D eigenvalue weighted by Crippen LogP contribution is -2.67. The van der Waals surface area contributed by atoms with Gasteiger partial charge in [0.25, 0.3) is 0 Å². The van der Waals surface area contributed by atoms with Crippen LogP contribution in [0.5, 0.6) is 0 Å². The van der Waals surface area contributed by atoms with Gasteiger partial charge in [-0.3, -0.25) is 9.80 Å². The minimum atomic E-state index is -0.184. The summed E-state index contributed by atoms with van der Waals surface area (Å²) >= 11 is 0. The largest absolute Gasteiger partial charge is 0.300 e. The van der Waals surface area contributed by atoms with Crippen molar-refractivity contribution in [3.8, 4) is 6.07 Å². The fourth-order valence-electron chi connectivity index (χ4n) is 5.69. The molecule has 0 saturated carbocycles. The van der Waals surface area contributed by atoms with Crippen molar-refractivity contribution in [1.82, 2.24) is 9.80 Å². The highest BCUT2D eigenvalue weighted by Crippen LogP contribution is 2.46. The van der Waals surface area contributed by atoms with Gasteiger partial charge in [-0.1, -0.05) is 6.42 Å². The lowest BCUT2D eigenvalue weighted by molar-refractivity contribution is -0.102. The first-order valence-corrected chi connectivity index (χ1v) is 8.63. The summed E-state index contributed by atoms with van der Waals surface area (Å²) in [5.41, 5.74) is -0.184. The molecule has 0 spiro atoms. The minimum Gasteiger partial charge on any atom is -0.300 e. The van der Waals surface area contributed by atoms with Gasteiger partial charge in [-0.05, 0) is 63.8 Å². The van der Waals surface area contributed by atoms with Crippen molar-refractivity contribution in [2.75, 3.05) is 19.6 Å². The van der Waals surface area contributed by atoms with Crippen LogP contribution in [0.3, 0.4) is 0 Å². The topological polar surface area (TPSA) is 30.3 Å². The van der Waals surface area contributed by atoms with Crippen molar-refractivity contribution in [2.24, 2.45) is 11.8 Å². The molecule has 4 aliphatic rings. The molecule has 110 valence electrons. The van der Waals surface area contributed by atoms with Gasteiger partial charge in [0.15, 0.2) is 0 Å². The van der Waals surface area contributed by atoms with Crippen molar-refractivity contribution >= 4 is 0 Å².